The van der Waals surface area contributed by atoms with E-state index in [4.69, 9.17) is 0 Å². The lowest BCUT2D eigenvalue weighted by atomic mass is 9.92. The van der Waals surface area contributed by atoms with Crippen molar-refractivity contribution in [3.63, 3.8) is 0 Å². The third-order valence-electron chi connectivity index (χ3n) is 5.61. The largest absolute Gasteiger partial charge is 0.366 e. The molecule has 2 aliphatic heterocycles. The number of likely N-dealkylation sites (tertiary alicyclic amines) is 1. The van der Waals surface area contributed by atoms with Gasteiger partial charge in [0.25, 0.3) is 0 Å². The highest BCUT2D eigenvalue weighted by Crippen LogP contribution is 2.41. The number of nitrogens with one attached hydrogen (secondary N) is 1. The van der Waals surface area contributed by atoms with E-state index in [1.807, 2.05) is 29.2 Å². The van der Waals surface area contributed by atoms with Crippen molar-refractivity contribution in [2.45, 2.75) is 6.04 Å². The van der Waals surface area contributed by atoms with E-state index in [0.717, 1.165) is 34.9 Å². The third kappa shape index (κ3) is 1.95. The Morgan fingerprint density at radius 1 is 1.16 bits per heavy atom. The van der Waals surface area contributed by atoms with E-state index in [0.29, 0.717) is 18.2 Å². The van der Waals surface area contributed by atoms with Gasteiger partial charge in [0.05, 0.1) is 11.7 Å². The van der Waals surface area contributed by atoms with Crippen molar-refractivity contribution in [3.05, 3.63) is 54.9 Å². The Kier molecular flexibility index (Phi) is 2.95. The Hall–Kier alpha value is -2.82. The van der Waals surface area contributed by atoms with Gasteiger partial charge in [0.15, 0.2) is 0 Å². The molecule has 126 valence electrons. The predicted octanol–water partition coefficient (Wildman–Crippen LogP) is 3.29. The highest BCUT2D eigenvalue weighted by molar-refractivity contribution is 6.13. The number of H-pyrrole nitrogens is 1. The van der Waals surface area contributed by atoms with Crippen LogP contribution in [0.3, 0.4) is 0 Å². The topological polar surface area (TPSA) is 39.3 Å². The predicted molar refractivity (Wildman–Crippen MR) is 97.2 cm³/mol. The summed E-state index contributed by atoms with van der Waals surface area (Å²) in [6, 6.07) is 11.5. The van der Waals surface area contributed by atoms with Crippen LogP contribution in [0.15, 0.2) is 49.1 Å². The lowest BCUT2D eigenvalue weighted by Crippen LogP contribution is -2.57. The van der Waals surface area contributed by atoms with E-state index < -0.39 is 0 Å². The number of halogens is 1. The molecule has 0 saturated carbocycles. The van der Waals surface area contributed by atoms with Gasteiger partial charge in [0.1, 0.15) is 5.82 Å². The van der Waals surface area contributed by atoms with Crippen LogP contribution in [-0.2, 0) is 4.79 Å². The molecule has 25 heavy (non-hydrogen) atoms. The fraction of sp³-hybridized carbons (Fsp3) is 0.250. The van der Waals surface area contributed by atoms with Crippen molar-refractivity contribution >= 4 is 33.4 Å². The van der Waals surface area contributed by atoms with Crippen molar-refractivity contribution in [3.8, 4) is 0 Å². The minimum atomic E-state index is -0.208. The fourth-order valence-electron chi connectivity index (χ4n) is 4.40. The van der Waals surface area contributed by atoms with Crippen molar-refractivity contribution in [1.29, 1.82) is 0 Å². The highest BCUT2D eigenvalue weighted by atomic mass is 19.1. The number of aromatic amines is 1. The maximum absolute atomic E-state index is 14.8. The summed E-state index contributed by atoms with van der Waals surface area (Å²) in [7, 11) is 0. The van der Waals surface area contributed by atoms with Crippen LogP contribution in [0.1, 0.15) is 0 Å². The number of fused-ring (bicyclic) bond motifs is 4. The van der Waals surface area contributed by atoms with Crippen LogP contribution in [0.2, 0.25) is 0 Å². The van der Waals surface area contributed by atoms with Gasteiger partial charge in [0.2, 0.25) is 5.91 Å². The Labute approximate surface area is 144 Å². The monoisotopic (exact) mass is 335 g/mol. The second kappa shape index (κ2) is 5.09. The maximum Gasteiger partial charge on any atom is 0.246 e. The SMILES string of the molecule is C=CC(=O)N1CC2CN(c3c(F)ccc4[nH]c5ccccc5c34)CC21. The van der Waals surface area contributed by atoms with Gasteiger partial charge in [0, 0.05) is 47.4 Å². The van der Waals surface area contributed by atoms with Gasteiger partial charge in [-0.25, -0.2) is 4.39 Å². The van der Waals surface area contributed by atoms with Crippen molar-refractivity contribution < 1.29 is 9.18 Å². The second-order valence-corrected chi connectivity index (χ2v) is 6.92. The number of nitrogens with zero attached hydrogens (tertiary/aromatic N) is 2. The molecule has 2 aliphatic rings. The number of carbonyl (C=O) groups is 1. The summed E-state index contributed by atoms with van der Waals surface area (Å²) in [4.78, 5) is 19.2. The summed E-state index contributed by atoms with van der Waals surface area (Å²) in [5.74, 6) is 0.165. The number of benzene rings is 2. The van der Waals surface area contributed by atoms with Gasteiger partial charge in [-0.15, -0.1) is 0 Å². The first-order valence-corrected chi connectivity index (χ1v) is 8.54. The number of hydrogen-bond donors (Lipinski definition) is 1. The van der Waals surface area contributed by atoms with Gasteiger partial charge < -0.3 is 14.8 Å². The molecule has 3 heterocycles. The quantitative estimate of drug-likeness (QED) is 0.730. The van der Waals surface area contributed by atoms with Crippen molar-refractivity contribution in [2.75, 3.05) is 24.5 Å². The molecular weight excluding hydrogens is 317 g/mol. The molecule has 2 atom stereocenters. The zero-order chi connectivity index (χ0) is 17.1. The molecule has 4 nitrogen and oxygen atoms in total. The first-order chi connectivity index (χ1) is 12.2. The minimum Gasteiger partial charge on any atom is -0.366 e. The molecule has 5 rings (SSSR count). The number of amides is 1. The van der Waals surface area contributed by atoms with Gasteiger partial charge in [-0.2, -0.15) is 0 Å². The molecule has 3 aromatic rings. The number of carbonyl (C=O) groups excluding carboxylic acids is 1. The zero-order valence-electron chi connectivity index (χ0n) is 13.7. The Balaban J connectivity index is 1.61. The van der Waals surface area contributed by atoms with Gasteiger partial charge >= 0.3 is 0 Å². The van der Waals surface area contributed by atoms with Crippen LogP contribution in [0, 0.1) is 11.7 Å². The molecule has 0 radical (unpaired) electrons. The van der Waals surface area contributed by atoms with Crippen LogP contribution < -0.4 is 4.90 Å². The average molecular weight is 335 g/mol. The van der Waals surface area contributed by atoms with Crippen LogP contribution in [0.4, 0.5) is 10.1 Å². The number of para-hydroxylation sites is 1. The highest BCUT2D eigenvalue weighted by Gasteiger charge is 2.47. The van der Waals surface area contributed by atoms with E-state index in [9.17, 15) is 9.18 Å². The second-order valence-electron chi connectivity index (χ2n) is 6.92. The molecule has 0 aliphatic carbocycles. The maximum atomic E-state index is 14.8. The Bertz CT molecular complexity index is 1020. The van der Waals surface area contributed by atoms with Crippen molar-refractivity contribution in [2.24, 2.45) is 5.92 Å². The Morgan fingerprint density at radius 2 is 2.00 bits per heavy atom. The smallest absolute Gasteiger partial charge is 0.246 e. The summed E-state index contributed by atoms with van der Waals surface area (Å²) >= 11 is 0. The molecule has 1 aromatic heterocycles. The molecule has 2 aromatic carbocycles. The lowest BCUT2D eigenvalue weighted by Gasteiger charge is -2.42. The van der Waals surface area contributed by atoms with E-state index >= 15 is 0 Å². The standard InChI is InChI=1S/C20H18FN3O/c1-2-18(25)24-10-12-9-23(11-17(12)24)20-14(21)7-8-16-19(20)13-5-3-4-6-15(13)22-16/h2-8,12,17,22H,1,9-11H2. The van der Waals surface area contributed by atoms with Crippen LogP contribution in [0.5, 0.6) is 0 Å². The van der Waals surface area contributed by atoms with E-state index in [1.54, 1.807) is 6.07 Å². The van der Waals surface area contributed by atoms with Gasteiger partial charge in [-0.3, -0.25) is 4.79 Å². The lowest BCUT2D eigenvalue weighted by molar-refractivity contribution is -0.135. The average Bonchev–Trinajstić information content (AvgIpc) is 3.14. The normalized spacial score (nSPS) is 22.3. The summed E-state index contributed by atoms with van der Waals surface area (Å²) in [6.07, 6.45) is 1.36. The summed E-state index contributed by atoms with van der Waals surface area (Å²) in [6.45, 7) is 5.75. The minimum absolute atomic E-state index is 0.0334. The van der Waals surface area contributed by atoms with E-state index in [1.165, 1.54) is 12.1 Å². The first-order valence-electron chi connectivity index (χ1n) is 8.54. The first kappa shape index (κ1) is 14.5. The fourth-order valence-corrected chi connectivity index (χ4v) is 4.40. The van der Waals surface area contributed by atoms with Crippen molar-refractivity contribution in [1.82, 2.24) is 9.88 Å². The summed E-state index contributed by atoms with van der Waals surface area (Å²) in [5, 5.41) is 1.96. The summed E-state index contributed by atoms with van der Waals surface area (Å²) in [5.41, 5.74) is 2.60. The molecular formula is C20H18FN3O. The molecule has 0 bridgehead atoms. The molecule has 1 N–H and O–H groups in total. The van der Waals surface area contributed by atoms with E-state index in [-0.39, 0.29) is 17.8 Å². The number of anilines is 1. The van der Waals surface area contributed by atoms with Crippen LogP contribution in [0.25, 0.3) is 21.8 Å². The summed E-state index contributed by atoms with van der Waals surface area (Å²) < 4.78 is 14.8. The van der Waals surface area contributed by atoms with Crippen LogP contribution >= 0.6 is 0 Å². The Morgan fingerprint density at radius 3 is 2.84 bits per heavy atom. The molecule has 2 unspecified atom stereocenters. The molecule has 0 spiro atoms. The molecule has 2 saturated heterocycles. The number of aromatic nitrogens is 1. The van der Waals surface area contributed by atoms with E-state index in [2.05, 4.69) is 16.5 Å². The number of hydrogen-bond acceptors (Lipinski definition) is 2. The molecule has 1 amide bonds. The number of rotatable bonds is 2. The van der Waals surface area contributed by atoms with Gasteiger partial charge in [-0.05, 0) is 24.3 Å². The van der Waals surface area contributed by atoms with Gasteiger partial charge in [-0.1, -0.05) is 24.8 Å². The van der Waals surface area contributed by atoms with Crippen LogP contribution in [-0.4, -0.2) is 41.5 Å². The molecule has 5 heteroatoms. The zero-order valence-corrected chi connectivity index (χ0v) is 13.7. The molecule has 2 fully saturated rings. The third-order valence-corrected chi connectivity index (χ3v) is 5.61.